The molecule has 7 heteroatoms. The fourth-order valence-corrected chi connectivity index (χ4v) is 3.55. The van der Waals surface area contributed by atoms with Gasteiger partial charge in [0.25, 0.3) is 5.91 Å². The third-order valence-corrected chi connectivity index (χ3v) is 5.25. The van der Waals surface area contributed by atoms with Crippen LogP contribution in [0.5, 0.6) is 17.2 Å². The van der Waals surface area contributed by atoms with Crippen LogP contribution in [0.15, 0.2) is 67.0 Å². The minimum Gasteiger partial charge on any atom is -0.497 e. The molecule has 1 N–H and O–H groups in total. The molecule has 1 amide bonds. The Labute approximate surface area is 179 Å². The van der Waals surface area contributed by atoms with Crippen molar-refractivity contribution in [2.45, 2.75) is 6.42 Å². The zero-order valence-electron chi connectivity index (χ0n) is 17.0. The normalized spacial score (nSPS) is 12.2. The number of ether oxygens (including phenoxy) is 3. The van der Waals surface area contributed by atoms with Crippen molar-refractivity contribution in [1.82, 2.24) is 14.7 Å². The molecule has 0 radical (unpaired) electrons. The van der Waals surface area contributed by atoms with E-state index < -0.39 is 0 Å². The largest absolute Gasteiger partial charge is 0.497 e. The highest BCUT2D eigenvalue weighted by molar-refractivity contribution is 5.92. The Morgan fingerprint density at radius 2 is 1.84 bits per heavy atom. The Morgan fingerprint density at radius 3 is 2.68 bits per heavy atom. The summed E-state index contributed by atoms with van der Waals surface area (Å²) in [5, 5.41) is 2.94. The molecule has 0 aliphatic carbocycles. The maximum atomic E-state index is 12.6. The lowest BCUT2D eigenvalue weighted by Gasteiger charge is -2.05. The number of nitrogens with one attached hydrogen (secondary N) is 1. The summed E-state index contributed by atoms with van der Waals surface area (Å²) in [6.07, 6.45) is 4.43. The van der Waals surface area contributed by atoms with Crippen LogP contribution < -0.4 is 19.5 Å². The Kier molecular flexibility index (Phi) is 4.92. The van der Waals surface area contributed by atoms with Crippen molar-refractivity contribution >= 4 is 11.6 Å². The van der Waals surface area contributed by atoms with Crippen LogP contribution in [0, 0.1) is 0 Å². The molecular weight excluding hydrogens is 394 g/mol. The van der Waals surface area contributed by atoms with E-state index in [-0.39, 0.29) is 12.7 Å². The van der Waals surface area contributed by atoms with Gasteiger partial charge in [0.1, 0.15) is 17.1 Å². The summed E-state index contributed by atoms with van der Waals surface area (Å²) in [5.74, 6) is 2.11. The molecule has 0 fully saturated rings. The summed E-state index contributed by atoms with van der Waals surface area (Å²) in [5.41, 5.74) is 4.23. The maximum absolute atomic E-state index is 12.6. The number of hydrogen-bond donors (Lipinski definition) is 1. The van der Waals surface area contributed by atoms with Crippen molar-refractivity contribution in [2.24, 2.45) is 0 Å². The minimum absolute atomic E-state index is 0.193. The van der Waals surface area contributed by atoms with Crippen molar-refractivity contribution < 1.29 is 19.0 Å². The van der Waals surface area contributed by atoms with Gasteiger partial charge in [0, 0.05) is 18.9 Å². The van der Waals surface area contributed by atoms with Crippen LogP contribution in [0.2, 0.25) is 0 Å². The minimum atomic E-state index is -0.193. The van der Waals surface area contributed by atoms with Crippen molar-refractivity contribution in [3.8, 4) is 28.4 Å². The number of imidazole rings is 1. The first-order valence-corrected chi connectivity index (χ1v) is 9.99. The van der Waals surface area contributed by atoms with Crippen molar-refractivity contribution in [2.75, 3.05) is 20.4 Å². The first kappa shape index (κ1) is 19.0. The van der Waals surface area contributed by atoms with E-state index in [9.17, 15) is 4.79 Å². The highest BCUT2D eigenvalue weighted by Crippen LogP contribution is 2.35. The van der Waals surface area contributed by atoms with Gasteiger partial charge in [0.05, 0.1) is 7.11 Å². The molecule has 1 aliphatic heterocycles. The first-order chi connectivity index (χ1) is 15.2. The lowest BCUT2D eigenvalue weighted by atomic mass is 10.1. The van der Waals surface area contributed by atoms with E-state index in [4.69, 9.17) is 14.2 Å². The highest BCUT2D eigenvalue weighted by Gasteiger charge is 2.15. The van der Waals surface area contributed by atoms with Crippen LogP contribution in [0.4, 0.5) is 0 Å². The molecule has 0 spiro atoms. The number of amides is 1. The summed E-state index contributed by atoms with van der Waals surface area (Å²) in [6.45, 7) is 0.776. The third kappa shape index (κ3) is 3.90. The van der Waals surface area contributed by atoms with Crippen molar-refractivity contribution in [3.63, 3.8) is 0 Å². The topological polar surface area (TPSA) is 74.1 Å². The second kappa shape index (κ2) is 8.02. The number of carbonyl (C=O) groups is 1. The molecular formula is C24H21N3O4. The van der Waals surface area contributed by atoms with Gasteiger partial charge in [-0.1, -0.05) is 18.2 Å². The first-order valence-electron chi connectivity index (χ1n) is 9.99. The fraction of sp³-hybridized carbons (Fsp3) is 0.167. The molecule has 4 aromatic rings. The fourth-order valence-electron chi connectivity index (χ4n) is 3.55. The second-order valence-electron chi connectivity index (χ2n) is 7.23. The van der Waals surface area contributed by atoms with E-state index in [1.165, 1.54) is 0 Å². The van der Waals surface area contributed by atoms with E-state index in [1.807, 2.05) is 65.2 Å². The molecule has 31 heavy (non-hydrogen) atoms. The highest BCUT2D eigenvalue weighted by atomic mass is 16.7. The zero-order valence-corrected chi connectivity index (χ0v) is 17.0. The van der Waals surface area contributed by atoms with E-state index in [0.29, 0.717) is 17.9 Å². The number of rotatable bonds is 6. The zero-order chi connectivity index (χ0) is 21.2. The molecule has 0 bridgehead atoms. The predicted octanol–water partition coefficient (Wildman–Crippen LogP) is 3.71. The molecule has 5 rings (SSSR count). The van der Waals surface area contributed by atoms with Crippen LogP contribution in [-0.2, 0) is 6.42 Å². The van der Waals surface area contributed by atoms with Crippen LogP contribution in [0.1, 0.15) is 16.1 Å². The molecule has 0 saturated carbocycles. The van der Waals surface area contributed by atoms with Gasteiger partial charge in [-0.25, -0.2) is 4.98 Å². The van der Waals surface area contributed by atoms with Gasteiger partial charge >= 0.3 is 0 Å². The van der Waals surface area contributed by atoms with Gasteiger partial charge in [-0.15, -0.1) is 0 Å². The lowest BCUT2D eigenvalue weighted by Crippen LogP contribution is -2.25. The van der Waals surface area contributed by atoms with Gasteiger partial charge in [-0.2, -0.15) is 0 Å². The van der Waals surface area contributed by atoms with Crippen LogP contribution in [0.3, 0.4) is 0 Å². The molecule has 156 valence electrons. The third-order valence-electron chi connectivity index (χ3n) is 5.25. The van der Waals surface area contributed by atoms with Gasteiger partial charge < -0.3 is 23.9 Å². The Bertz CT molecular complexity index is 1250. The molecule has 0 atom stereocenters. The molecule has 0 unspecified atom stereocenters. The summed E-state index contributed by atoms with van der Waals surface area (Å²) in [6, 6.07) is 17.5. The number of hydrogen-bond acceptors (Lipinski definition) is 5. The number of methoxy groups -OCH3 is 1. The number of benzene rings is 2. The molecule has 7 nitrogen and oxygen atoms in total. The van der Waals surface area contributed by atoms with Crippen LogP contribution in [-0.4, -0.2) is 35.7 Å². The molecule has 2 aromatic carbocycles. The lowest BCUT2D eigenvalue weighted by molar-refractivity contribution is 0.0949. The monoisotopic (exact) mass is 415 g/mol. The molecule has 1 aliphatic rings. The number of aromatic nitrogens is 2. The van der Waals surface area contributed by atoms with Crippen molar-refractivity contribution in [3.05, 3.63) is 78.2 Å². The Balaban J connectivity index is 1.27. The Hall–Kier alpha value is -4.00. The molecule has 2 aromatic heterocycles. The van der Waals surface area contributed by atoms with Gasteiger partial charge in [0.2, 0.25) is 6.79 Å². The molecule has 0 saturated heterocycles. The summed E-state index contributed by atoms with van der Waals surface area (Å²) in [4.78, 5) is 17.0. The van der Waals surface area contributed by atoms with Crippen molar-refractivity contribution in [1.29, 1.82) is 0 Å². The Morgan fingerprint density at radius 1 is 1.03 bits per heavy atom. The van der Waals surface area contributed by atoms with E-state index in [2.05, 4.69) is 10.3 Å². The summed E-state index contributed by atoms with van der Waals surface area (Å²) < 4.78 is 17.9. The van der Waals surface area contributed by atoms with Gasteiger partial charge in [-0.3, -0.25) is 4.79 Å². The van der Waals surface area contributed by atoms with E-state index in [1.54, 1.807) is 13.3 Å². The number of fused-ring (bicyclic) bond motifs is 2. The maximum Gasteiger partial charge on any atom is 0.271 e. The average molecular weight is 415 g/mol. The predicted molar refractivity (Wildman–Crippen MR) is 116 cm³/mol. The number of nitrogens with zero attached hydrogens (tertiary/aromatic N) is 2. The summed E-state index contributed by atoms with van der Waals surface area (Å²) >= 11 is 0. The quantitative estimate of drug-likeness (QED) is 0.520. The number of pyridine rings is 1. The smallest absolute Gasteiger partial charge is 0.271 e. The average Bonchev–Trinajstić information content (AvgIpc) is 3.45. The summed E-state index contributed by atoms with van der Waals surface area (Å²) in [7, 11) is 1.64. The standard InChI is InChI=1S/C24H21N3O4/c1-29-19-6-2-16(3-7-19)10-11-25-24(28)20-14-27-13-18(5-9-23(27)26-20)17-4-8-21-22(12-17)31-15-30-21/h2-9,12-14H,10-11,15H2,1H3,(H,25,28). The molecule has 3 heterocycles. The SMILES string of the molecule is COc1ccc(CCNC(=O)c2cn3cc(-c4ccc5c(c4)OCO5)ccc3n2)cc1. The van der Waals surface area contributed by atoms with Gasteiger partial charge in [-0.05, 0) is 59.5 Å². The van der Waals surface area contributed by atoms with E-state index >= 15 is 0 Å². The van der Waals surface area contributed by atoms with Gasteiger partial charge in [0.15, 0.2) is 11.5 Å². The van der Waals surface area contributed by atoms with Crippen LogP contribution >= 0.6 is 0 Å². The second-order valence-corrected chi connectivity index (χ2v) is 7.23. The van der Waals surface area contributed by atoms with E-state index in [0.717, 1.165) is 40.4 Å². The number of carbonyl (C=O) groups excluding carboxylic acids is 1. The van der Waals surface area contributed by atoms with Crippen LogP contribution in [0.25, 0.3) is 16.8 Å².